The van der Waals surface area contributed by atoms with Crippen molar-refractivity contribution in [2.24, 2.45) is 0 Å². The lowest BCUT2D eigenvalue weighted by Gasteiger charge is -2.17. The van der Waals surface area contributed by atoms with Gasteiger partial charge in [0.1, 0.15) is 0 Å². The highest BCUT2D eigenvalue weighted by Crippen LogP contribution is 2.45. The van der Waals surface area contributed by atoms with Crippen molar-refractivity contribution in [3.8, 4) is 11.3 Å². The third-order valence-corrected chi connectivity index (χ3v) is 7.08. The minimum absolute atomic E-state index is 0.938. The number of benzene rings is 5. The molecule has 34 heavy (non-hydrogen) atoms. The minimum Gasteiger partial charge on any atom is -0.264 e. The smallest absolute Gasteiger partial charge is 0.0788 e. The quantitative estimate of drug-likeness (QED) is 0.196. The molecule has 0 aliphatic rings. The zero-order valence-corrected chi connectivity index (χ0v) is 18.2. The molecule has 0 aliphatic carbocycles. The topological polar surface area (TPSA) is 38.7 Å². The van der Waals surface area contributed by atoms with Crippen LogP contribution in [0.15, 0.2) is 104 Å². The highest BCUT2D eigenvalue weighted by Gasteiger charge is 2.18. The van der Waals surface area contributed by atoms with Crippen LogP contribution in [-0.4, -0.2) is 15.0 Å². The van der Waals surface area contributed by atoms with E-state index < -0.39 is 0 Å². The van der Waals surface area contributed by atoms with Gasteiger partial charge in [-0.25, -0.2) is 4.98 Å². The van der Waals surface area contributed by atoms with Gasteiger partial charge >= 0.3 is 0 Å². The fourth-order valence-corrected chi connectivity index (χ4v) is 5.63. The molecule has 0 fully saturated rings. The number of hydrogen-bond donors (Lipinski definition) is 0. The Morgan fingerprint density at radius 3 is 1.94 bits per heavy atom. The lowest BCUT2D eigenvalue weighted by atomic mass is 9.87. The van der Waals surface area contributed by atoms with Gasteiger partial charge in [-0.15, -0.1) is 0 Å². The van der Waals surface area contributed by atoms with Crippen LogP contribution in [0.1, 0.15) is 0 Å². The average molecular weight is 431 g/mol. The normalized spacial score (nSPS) is 12.1. The van der Waals surface area contributed by atoms with Crippen molar-refractivity contribution in [1.29, 1.82) is 0 Å². The second kappa shape index (κ2) is 6.46. The van der Waals surface area contributed by atoms with Gasteiger partial charge in [0.15, 0.2) is 0 Å². The third-order valence-electron chi connectivity index (χ3n) is 7.08. The van der Waals surface area contributed by atoms with E-state index >= 15 is 0 Å². The molecular weight excluding hydrogens is 414 g/mol. The first-order valence-electron chi connectivity index (χ1n) is 11.4. The zero-order chi connectivity index (χ0) is 22.2. The lowest BCUT2D eigenvalue weighted by molar-refractivity contribution is 1.31. The minimum atomic E-state index is 0.938. The van der Waals surface area contributed by atoms with Crippen LogP contribution in [0.25, 0.3) is 76.2 Å². The largest absolute Gasteiger partial charge is 0.264 e. The van der Waals surface area contributed by atoms with Gasteiger partial charge in [0.25, 0.3) is 0 Å². The molecule has 5 aromatic carbocycles. The van der Waals surface area contributed by atoms with Crippen molar-refractivity contribution in [3.05, 3.63) is 104 Å². The van der Waals surface area contributed by atoms with Crippen LogP contribution < -0.4 is 0 Å². The summed E-state index contributed by atoms with van der Waals surface area (Å²) in [5.41, 5.74) is 4.03. The maximum Gasteiger partial charge on any atom is 0.0788 e. The number of fused-ring (bicyclic) bond motifs is 7. The van der Waals surface area contributed by atoms with Gasteiger partial charge in [0.05, 0.1) is 16.7 Å². The molecule has 3 heterocycles. The third kappa shape index (κ3) is 2.28. The van der Waals surface area contributed by atoms with E-state index in [2.05, 4.69) is 77.8 Å². The predicted octanol–water partition coefficient (Wildman–Crippen LogP) is 7.90. The maximum absolute atomic E-state index is 5.14. The Morgan fingerprint density at radius 1 is 0.500 bits per heavy atom. The number of aromatic nitrogens is 3. The number of hydrogen-bond acceptors (Lipinski definition) is 3. The predicted molar refractivity (Wildman–Crippen MR) is 141 cm³/mol. The van der Waals surface area contributed by atoms with Crippen molar-refractivity contribution in [2.75, 3.05) is 0 Å². The number of rotatable bonds is 1. The molecule has 0 unspecified atom stereocenters. The Hall–Kier alpha value is -4.63. The van der Waals surface area contributed by atoms with E-state index in [4.69, 9.17) is 9.97 Å². The Labute approximate surface area is 194 Å². The van der Waals surface area contributed by atoms with Crippen LogP contribution >= 0.6 is 0 Å². The van der Waals surface area contributed by atoms with Gasteiger partial charge in [-0.05, 0) is 57.9 Å². The summed E-state index contributed by atoms with van der Waals surface area (Å²) >= 11 is 0. The van der Waals surface area contributed by atoms with Gasteiger partial charge in [0, 0.05) is 56.5 Å². The van der Waals surface area contributed by atoms with Crippen molar-refractivity contribution in [3.63, 3.8) is 0 Å². The number of nitrogens with zero attached hydrogens (tertiary/aromatic N) is 3. The van der Waals surface area contributed by atoms with Crippen LogP contribution in [0.5, 0.6) is 0 Å². The van der Waals surface area contributed by atoms with Crippen molar-refractivity contribution < 1.29 is 0 Å². The Kier molecular flexibility index (Phi) is 3.39. The van der Waals surface area contributed by atoms with Crippen LogP contribution in [0.3, 0.4) is 0 Å². The molecule has 8 aromatic rings. The molecule has 3 nitrogen and oxygen atoms in total. The standard InChI is InChI=1S/C31H17N3/c1-2-8-22-21(7-1)25-15-18-5-4-14-33-30(18)23-10-11-24-29(28(23)25)26(22)16-19-9-12-27(34-31(19)24)20-6-3-13-32-17-20/h1-17H. The molecule has 0 bridgehead atoms. The second-order valence-corrected chi connectivity index (χ2v) is 8.89. The molecule has 3 heteroatoms. The maximum atomic E-state index is 5.14. The van der Waals surface area contributed by atoms with Gasteiger partial charge < -0.3 is 0 Å². The second-order valence-electron chi connectivity index (χ2n) is 8.89. The molecule has 0 saturated heterocycles. The van der Waals surface area contributed by atoms with Gasteiger partial charge in [-0.1, -0.05) is 48.5 Å². The molecular formula is C31H17N3. The fourth-order valence-electron chi connectivity index (χ4n) is 5.63. The average Bonchev–Trinajstić information content (AvgIpc) is 2.91. The summed E-state index contributed by atoms with van der Waals surface area (Å²) in [6.45, 7) is 0. The molecule has 3 aromatic heterocycles. The molecule has 0 N–H and O–H groups in total. The van der Waals surface area contributed by atoms with Crippen LogP contribution in [-0.2, 0) is 0 Å². The van der Waals surface area contributed by atoms with E-state index in [1.165, 1.54) is 48.5 Å². The van der Waals surface area contributed by atoms with Crippen LogP contribution in [0, 0.1) is 0 Å². The van der Waals surface area contributed by atoms with Crippen molar-refractivity contribution in [1.82, 2.24) is 15.0 Å². The molecule has 8 rings (SSSR count). The first-order chi connectivity index (χ1) is 16.9. The van der Waals surface area contributed by atoms with E-state index in [-0.39, 0.29) is 0 Å². The first kappa shape index (κ1) is 17.9. The summed E-state index contributed by atoms with van der Waals surface area (Å²) in [4.78, 5) is 14.2. The lowest BCUT2D eigenvalue weighted by Crippen LogP contribution is -1.93. The number of pyridine rings is 3. The highest BCUT2D eigenvalue weighted by molar-refractivity contribution is 6.39. The van der Waals surface area contributed by atoms with Crippen LogP contribution in [0.2, 0.25) is 0 Å². The molecule has 0 aliphatic heterocycles. The molecule has 0 saturated carbocycles. The molecule has 0 radical (unpaired) electrons. The van der Waals surface area contributed by atoms with Crippen molar-refractivity contribution >= 4 is 64.9 Å². The Balaban J connectivity index is 1.64. The van der Waals surface area contributed by atoms with E-state index in [0.717, 1.165) is 27.7 Å². The summed E-state index contributed by atoms with van der Waals surface area (Å²) in [5, 5.41) is 12.3. The SMILES string of the molecule is c1cncc(-c2ccc3cc4c5ccccc5c5cc6cccnc6c6ccc(c3n2)c4c56)c1. The molecule has 0 atom stereocenters. The summed E-state index contributed by atoms with van der Waals surface area (Å²) in [6, 6.07) is 30.3. The summed E-state index contributed by atoms with van der Waals surface area (Å²) < 4.78 is 0. The summed E-state index contributed by atoms with van der Waals surface area (Å²) in [6.07, 6.45) is 5.55. The Bertz CT molecular complexity index is 2060. The van der Waals surface area contributed by atoms with E-state index in [0.29, 0.717) is 0 Å². The van der Waals surface area contributed by atoms with Gasteiger partial charge in [-0.3, -0.25) is 9.97 Å². The summed E-state index contributed by atoms with van der Waals surface area (Å²) in [7, 11) is 0. The van der Waals surface area contributed by atoms with E-state index in [1.54, 1.807) is 6.20 Å². The van der Waals surface area contributed by atoms with E-state index in [1.807, 2.05) is 24.5 Å². The molecule has 0 amide bonds. The monoisotopic (exact) mass is 431 g/mol. The fraction of sp³-hybridized carbons (Fsp3) is 0. The van der Waals surface area contributed by atoms with Gasteiger partial charge in [-0.2, -0.15) is 0 Å². The summed E-state index contributed by atoms with van der Waals surface area (Å²) in [5.74, 6) is 0. The van der Waals surface area contributed by atoms with Crippen molar-refractivity contribution in [2.45, 2.75) is 0 Å². The van der Waals surface area contributed by atoms with Gasteiger partial charge in [0.2, 0.25) is 0 Å². The first-order valence-corrected chi connectivity index (χ1v) is 11.4. The zero-order valence-electron chi connectivity index (χ0n) is 18.2. The van der Waals surface area contributed by atoms with E-state index in [9.17, 15) is 0 Å². The Morgan fingerprint density at radius 2 is 1.21 bits per heavy atom. The highest BCUT2D eigenvalue weighted by atomic mass is 14.7. The van der Waals surface area contributed by atoms with Crippen LogP contribution in [0.4, 0.5) is 0 Å². The molecule has 156 valence electrons. The molecule has 0 spiro atoms.